The third kappa shape index (κ3) is 7.34. The lowest BCUT2D eigenvalue weighted by atomic mass is 9.92. The highest BCUT2D eigenvalue weighted by molar-refractivity contribution is 7.91. The minimum atomic E-state index is -2.77. The Morgan fingerprint density at radius 3 is 2.50 bits per heavy atom. The first-order valence-electron chi connectivity index (χ1n) is 6.92. The number of rotatable bonds is 5. The quantitative estimate of drug-likeness (QED) is 0.765. The maximum atomic E-state index is 11.5. The lowest BCUT2D eigenvalue weighted by molar-refractivity contribution is 0.289. The first-order chi connectivity index (χ1) is 8.29. The summed E-state index contributed by atoms with van der Waals surface area (Å²) < 4.78 is 22.9. The summed E-state index contributed by atoms with van der Waals surface area (Å²) in [5, 5.41) is 3.44. The van der Waals surface area contributed by atoms with Gasteiger partial charge in [0.1, 0.15) is 0 Å². The second kappa shape index (κ2) is 6.87. The van der Waals surface area contributed by atoms with Gasteiger partial charge in [0.2, 0.25) is 0 Å². The Morgan fingerprint density at radius 2 is 1.83 bits per heavy atom. The van der Waals surface area contributed by atoms with E-state index in [1.54, 1.807) is 0 Å². The van der Waals surface area contributed by atoms with Crippen molar-refractivity contribution < 1.29 is 8.42 Å². The third-order valence-electron chi connectivity index (χ3n) is 3.30. The molecule has 5 heteroatoms. The van der Waals surface area contributed by atoms with Crippen LogP contribution in [0.5, 0.6) is 0 Å². The van der Waals surface area contributed by atoms with Gasteiger partial charge in [-0.2, -0.15) is 0 Å². The summed E-state index contributed by atoms with van der Waals surface area (Å²) in [5.41, 5.74) is 0.379. The van der Waals surface area contributed by atoms with Gasteiger partial charge < -0.3 is 10.2 Å². The summed E-state index contributed by atoms with van der Waals surface area (Å²) in [4.78, 5) is 2.26. The molecule has 4 nitrogen and oxygen atoms in total. The summed E-state index contributed by atoms with van der Waals surface area (Å²) in [6.45, 7) is 11.3. The molecule has 1 N–H and O–H groups in total. The number of sulfone groups is 1. The molecule has 1 fully saturated rings. The minimum Gasteiger partial charge on any atom is -0.315 e. The smallest absolute Gasteiger partial charge is 0.151 e. The largest absolute Gasteiger partial charge is 0.315 e. The van der Waals surface area contributed by atoms with E-state index >= 15 is 0 Å². The van der Waals surface area contributed by atoms with Gasteiger partial charge in [-0.05, 0) is 31.3 Å². The lowest BCUT2D eigenvalue weighted by Gasteiger charge is -2.21. The third-order valence-corrected chi connectivity index (χ3v) is 5.02. The Hall–Kier alpha value is -0.130. The van der Waals surface area contributed by atoms with Crippen molar-refractivity contribution in [3.63, 3.8) is 0 Å². The second-order valence-electron chi connectivity index (χ2n) is 6.41. The van der Waals surface area contributed by atoms with Gasteiger partial charge in [0.25, 0.3) is 0 Å². The number of hydrogen-bond acceptors (Lipinski definition) is 4. The fourth-order valence-corrected chi connectivity index (χ4v) is 3.35. The van der Waals surface area contributed by atoms with Crippen molar-refractivity contribution >= 4 is 9.84 Å². The molecular weight excluding hydrogens is 248 g/mol. The van der Waals surface area contributed by atoms with Crippen LogP contribution < -0.4 is 5.32 Å². The molecule has 0 saturated carbocycles. The Morgan fingerprint density at radius 1 is 1.11 bits per heavy atom. The highest BCUT2D eigenvalue weighted by atomic mass is 32.2. The average Bonchev–Trinajstić information content (AvgIpc) is 2.38. The van der Waals surface area contributed by atoms with E-state index in [9.17, 15) is 8.42 Å². The Balaban J connectivity index is 2.13. The monoisotopic (exact) mass is 276 g/mol. The van der Waals surface area contributed by atoms with Gasteiger partial charge in [-0.3, -0.25) is 0 Å². The Bertz CT molecular complexity index is 333. The molecule has 0 aromatic carbocycles. The van der Waals surface area contributed by atoms with Crippen molar-refractivity contribution in [3.05, 3.63) is 0 Å². The van der Waals surface area contributed by atoms with Crippen molar-refractivity contribution in [2.24, 2.45) is 5.41 Å². The zero-order chi connectivity index (χ0) is 13.6. The zero-order valence-corrected chi connectivity index (χ0v) is 12.9. The summed E-state index contributed by atoms with van der Waals surface area (Å²) >= 11 is 0. The molecule has 108 valence electrons. The molecule has 18 heavy (non-hydrogen) atoms. The van der Waals surface area contributed by atoms with Gasteiger partial charge in [0.15, 0.2) is 9.84 Å². The van der Waals surface area contributed by atoms with E-state index in [2.05, 4.69) is 31.0 Å². The van der Waals surface area contributed by atoms with Crippen molar-refractivity contribution in [2.75, 3.05) is 44.2 Å². The van der Waals surface area contributed by atoms with Crippen molar-refractivity contribution in [1.29, 1.82) is 0 Å². The van der Waals surface area contributed by atoms with E-state index in [1.165, 1.54) is 6.42 Å². The molecular formula is C13H28N2O2S. The van der Waals surface area contributed by atoms with E-state index in [0.29, 0.717) is 23.5 Å². The van der Waals surface area contributed by atoms with Gasteiger partial charge in [-0.25, -0.2) is 8.42 Å². The van der Waals surface area contributed by atoms with E-state index in [1.807, 2.05) is 0 Å². The van der Waals surface area contributed by atoms with E-state index in [-0.39, 0.29) is 0 Å². The SMILES string of the molecule is CC(C)(C)CCNCCN1CCCS(=O)(=O)CC1. The average molecular weight is 276 g/mol. The Kier molecular flexibility index (Phi) is 6.08. The van der Waals surface area contributed by atoms with Crippen molar-refractivity contribution in [1.82, 2.24) is 10.2 Å². The van der Waals surface area contributed by atoms with Crippen molar-refractivity contribution in [3.8, 4) is 0 Å². The standard InChI is InChI=1S/C13H28N2O2S/c1-13(2,3)5-6-14-7-9-15-8-4-11-18(16,17)12-10-15/h14H,4-12H2,1-3H3. The van der Waals surface area contributed by atoms with E-state index in [0.717, 1.165) is 32.6 Å². The first kappa shape index (κ1) is 15.9. The highest BCUT2D eigenvalue weighted by Gasteiger charge is 2.18. The lowest BCUT2D eigenvalue weighted by Crippen LogP contribution is -2.35. The van der Waals surface area contributed by atoms with Crippen LogP contribution in [0.1, 0.15) is 33.6 Å². The normalized spacial score (nSPS) is 21.7. The van der Waals surface area contributed by atoms with E-state index < -0.39 is 9.84 Å². The molecule has 1 heterocycles. The van der Waals surface area contributed by atoms with Gasteiger partial charge in [0.05, 0.1) is 11.5 Å². The molecule has 0 spiro atoms. The maximum absolute atomic E-state index is 11.5. The van der Waals surface area contributed by atoms with Crippen LogP contribution in [0.25, 0.3) is 0 Å². The van der Waals surface area contributed by atoms with E-state index in [4.69, 9.17) is 0 Å². The van der Waals surface area contributed by atoms with Gasteiger partial charge in [-0.1, -0.05) is 20.8 Å². The predicted octanol–water partition coefficient (Wildman–Crippen LogP) is 1.13. The van der Waals surface area contributed by atoms with Crippen molar-refractivity contribution in [2.45, 2.75) is 33.6 Å². The summed E-state index contributed by atoms with van der Waals surface area (Å²) in [5.74, 6) is 0.690. The molecule has 0 atom stereocenters. The molecule has 1 saturated heterocycles. The number of nitrogens with one attached hydrogen (secondary N) is 1. The molecule has 0 amide bonds. The molecule has 0 aromatic heterocycles. The van der Waals surface area contributed by atoms with Crippen LogP contribution in [-0.4, -0.2) is 57.5 Å². The predicted molar refractivity (Wildman–Crippen MR) is 76.7 cm³/mol. The molecule has 0 aromatic rings. The minimum absolute atomic E-state index is 0.328. The number of nitrogens with zero attached hydrogens (tertiary/aromatic N) is 1. The van der Waals surface area contributed by atoms with Crippen LogP contribution >= 0.6 is 0 Å². The van der Waals surface area contributed by atoms with Gasteiger partial charge in [-0.15, -0.1) is 0 Å². The summed E-state index contributed by atoms with van der Waals surface area (Å²) in [6, 6.07) is 0. The van der Waals surface area contributed by atoms with Gasteiger partial charge in [0, 0.05) is 19.6 Å². The van der Waals surface area contributed by atoms with Gasteiger partial charge >= 0.3 is 0 Å². The maximum Gasteiger partial charge on any atom is 0.151 e. The molecule has 0 bridgehead atoms. The summed E-state index contributed by atoms with van der Waals surface area (Å²) in [6.07, 6.45) is 1.95. The molecule has 1 rings (SSSR count). The highest BCUT2D eigenvalue weighted by Crippen LogP contribution is 2.16. The fourth-order valence-electron chi connectivity index (χ4n) is 2.04. The Labute approximate surface area is 112 Å². The van der Waals surface area contributed by atoms with Crippen LogP contribution in [0, 0.1) is 5.41 Å². The fraction of sp³-hybridized carbons (Fsp3) is 1.00. The summed E-state index contributed by atoms with van der Waals surface area (Å²) in [7, 11) is -2.77. The molecule has 0 unspecified atom stereocenters. The molecule has 0 radical (unpaired) electrons. The van der Waals surface area contributed by atoms with Crippen LogP contribution in [0.3, 0.4) is 0 Å². The number of hydrogen-bond donors (Lipinski definition) is 1. The topological polar surface area (TPSA) is 49.4 Å². The molecule has 1 aliphatic rings. The van der Waals surface area contributed by atoms with Crippen LogP contribution in [0.4, 0.5) is 0 Å². The van der Waals surface area contributed by atoms with Crippen LogP contribution in [0.15, 0.2) is 0 Å². The molecule has 0 aliphatic carbocycles. The molecule has 1 aliphatic heterocycles. The van der Waals surface area contributed by atoms with Crippen LogP contribution in [-0.2, 0) is 9.84 Å². The first-order valence-corrected chi connectivity index (χ1v) is 8.74. The zero-order valence-electron chi connectivity index (χ0n) is 12.0. The van der Waals surface area contributed by atoms with Crippen LogP contribution in [0.2, 0.25) is 0 Å². The second-order valence-corrected chi connectivity index (χ2v) is 8.71.